The van der Waals surface area contributed by atoms with Crippen molar-refractivity contribution < 1.29 is 0 Å². The Morgan fingerprint density at radius 3 is 2.67 bits per heavy atom. The summed E-state index contributed by atoms with van der Waals surface area (Å²) in [7, 11) is 0. The maximum absolute atomic E-state index is 11.4. The fraction of sp³-hybridized carbons (Fsp3) is 0.600. The first kappa shape index (κ1) is 12.4. The first-order valence-corrected chi connectivity index (χ1v) is 6.08. The van der Waals surface area contributed by atoms with Crippen molar-refractivity contribution in [3.63, 3.8) is 0 Å². The van der Waals surface area contributed by atoms with Crippen LogP contribution in [0.15, 0.2) is 10.2 Å². The summed E-state index contributed by atoms with van der Waals surface area (Å²) in [6, 6.07) is 0. The molecule has 0 aliphatic heterocycles. The molecule has 5 heteroatoms. The van der Waals surface area contributed by atoms with Crippen LogP contribution in [0.2, 0.25) is 0 Å². The summed E-state index contributed by atoms with van der Waals surface area (Å²) in [5, 5.41) is 1.87. The van der Waals surface area contributed by atoms with Gasteiger partial charge in [-0.1, -0.05) is 37.4 Å². The van der Waals surface area contributed by atoms with Crippen LogP contribution < -0.4 is 10.6 Å². The summed E-state index contributed by atoms with van der Waals surface area (Å²) < 4.78 is 1.77. The van der Waals surface area contributed by atoms with E-state index in [1.54, 1.807) is 4.57 Å². The van der Waals surface area contributed by atoms with Crippen LogP contribution in [0.1, 0.15) is 26.0 Å². The van der Waals surface area contributed by atoms with Crippen molar-refractivity contribution in [1.29, 1.82) is 0 Å². The van der Waals surface area contributed by atoms with Crippen LogP contribution in [0.25, 0.3) is 0 Å². The molecule has 0 aliphatic rings. The third kappa shape index (κ3) is 2.89. The van der Waals surface area contributed by atoms with Crippen molar-refractivity contribution >= 4 is 28.5 Å². The normalized spacial score (nSPS) is 11.7. The lowest BCUT2D eigenvalue weighted by atomic mass is 9.89. The molecule has 0 saturated heterocycles. The van der Waals surface area contributed by atoms with Crippen LogP contribution in [0, 0.1) is 12.3 Å². The monoisotopic (exact) mass is 244 g/mol. The van der Waals surface area contributed by atoms with Crippen LogP contribution in [0.4, 0.5) is 0 Å². The van der Waals surface area contributed by atoms with Gasteiger partial charge in [0.15, 0.2) is 0 Å². The summed E-state index contributed by atoms with van der Waals surface area (Å²) in [6.07, 6.45) is 0.791. The van der Waals surface area contributed by atoms with Crippen LogP contribution >= 0.6 is 23.6 Å². The highest BCUT2D eigenvalue weighted by Gasteiger charge is 2.21. The van der Waals surface area contributed by atoms with Crippen molar-refractivity contribution in [2.75, 3.05) is 0 Å². The molecule has 0 spiro atoms. The number of thiazole rings is 1. The number of hydrogen-bond acceptors (Lipinski definition) is 3. The molecule has 0 bridgehead atoms. The molecular formula is C10H16N2OS2. The molecule has 0 saturated carbocycles. The average molecular weight is 244 g/mol. The molecule has 1 aromatic heterocycles. The standard InChI is InChI=1S/C10H16N2OS2/c1-7-6-15-9(13)12(7)5-4-10(2,3)8(11)14/h6H,4-5H2,1-3H3,(H2,11,14). The van der Waals surface area contributed by atoms with Gasteiger partial charge in [0.25, 0.3) is 0 Å². The Balaban J connectivity index is 2.74. The molecule has 0 radical (unpaired) electrons. The zero-order valence-corrected chi connectivity index (χ0v) is 10.9. The number of hydrogen-bond donors (Lipinski definition) is 1. The molecule has 1 heterocycles. The molecule has 0 amide bonds. The van der Waals surface area contributed by atoms with Gasteiger partial charge in [0.2, 0.25) is 0 Å². The first-order chi connectivity index (χ1) is 6.84. The van der Waals surface area contributed by atoms with E-state index in [-0.39, 0.29) is 10.3 Å². The molecule has 0 aliphatic carbocycles. The van der Waals surface area contributed by atoms with Crippen LogP contribution in [0.5, 0.6) is 0 Å². The highest BCUT2D eigenvalue weighted by molar-refractivity contribution is 7.80. The van der Waals surface area contributed by atoms with Crippen LogP contribution in [-0.2, 0) is 6.54 Å². The SMILES string of the molecule is Cc1csc(=O)n1CCC(C)(C)C(N)=S. The lowest BCUT2D eigenvalue weighted by molar-refractivity contribution is 0.430. The number of thiocarbonyl (C=S) groups is 1. The second-order valence-corrected chi connectivity index (χ2v) is 5.55. The lowest BCUT2D eigenvalue weighted by Crippen LogP contribution is -2.32. The maximum atomic E-state index is 11.4. The Bertz CT molecular complexity index is 417. The predicted octanol–water partition coefficient (Wildman–Crippen LogP) is 1.92. The van der Waals surface area contributed by atoms with E-state index in [1.165, 1.54) is 11.3 Å². The third-order valence-electron chi connectivity index (χ3n) is 2.60. The van der Waals surface area contributed by atoms with E-state index in [2.05, 4.69) is 0 Å². The van der Waals surface area contributed by atoms with E-state index in [4.69, 9.17) is 18.0 Å². The van der Waals surface area contributed by atoms with Crippen molar-refractivity contribution in [3.8, 4) is 0 Å². The van der Waals surface area contributed by atoms with Gasteiger partial charge < -0.3 is 10.3 Å². The zero-order valence-electron chi connectivity index (χ0n) is 9.24. The minimum Gasteiger partial charge on any atom is -0.393 e. The van der Waals surface area contributed by atoms with E-state index in [1.807, 2.05) is 26.2 Å². The molecular weight excluding hydrogens is 228 g/mol. The lowest BCUT2D eigenvalue weighted by Gasteiger charge is -2.23. The molecule has 3 nitrogen and oxygen atoms in total. The summed E-state index contributed by atoms with van der Waals surface area (Å²) in [4.78, 5) is 12.0. The van der Waals surface area contributed by atoms with Gasteiger partial charge in [-0.25, -0.2) is 0 Å². The first-order valence-electron chi connectivity index (χ1n) is 4.79. The van der Waals surface area contributed by atoms with Crippen LogP contribution in [0.3, 0.4) is 0 Å². The van der Waals surface area contributed by atoms with Gasteiger partial charge in [-0.2, -0.15) is 0 Å². The van der Waals surface area contributed by atoms with Crippen molar-refractivity contribution in [3.05, 3.63) is 20.7 Å². The molecule has 1 aromatic rings. The van der Waals surface area contributed by atoms with Gasteiger partial charge in [0.05, 0.1) is 4.99 Å². The van der Waals surface area contributed by atoms with Gasteiger partial charge in [-0.05, 0) is 13.3 Å². The van der Waals surface area contributed by atoms with Crippen molar-refractivity contribution in [2.24, 2.45) is 11.1 Å². The van der Waals surface area contributed by atoms with Gasteiger partial charge in [0, 0.05) is 23.0 Å². The zero-order chi connectivity index (χ0) is 11.6. The Morgan fingerprint density at radius 2 is 2.27 bits per heavy atom. The second-order valence-electron chi connectivity index (χ2n) is 4.29. The number of aryl methyl sites for hydroxylation is 1. The molecule has 2 N–H and O–H groups in total. The van der Waals surface area contributed by atoms with Gasteiger partial charge >= 0.3 is 4.87 Å². The van der Waals surface area contributed by atoms with E-state index >= 15 is 0 Å². The number of nitrogens with two attached hydrogens (primary N) is 1. The summed E-state index contributed by atoms with van der Waals surface area (Å²) in [5.41, 5.74) is 6.44. The molecule has 0 unspecified atom stereocenters. The van der Waals surface area contributed by atoms with Gasteiger partial charge in [-0.15, -0.1) is 0 Å². The molecule has 0 aromatic carbocycles. The smallest absolute Gasteiger partial charge is 0.307 e. The minimum absolute atomic E-state index is 0.0891. The second kappa shape index (κ2) is 4.45. The Kier molecular flexibility index (Phi) is 3.67. The Morgan fingerprint density at radius 1 is 1.67 bits per heavy atom. The van der Waals surface area contributed by atoms with E-state index in [0.717, 1.165) is 12.1 Å². The maximum Gasteiger partial charge on any atom is 0.307 e. The predicted molar refractivity (Wildman–Crippen MR) is 68.5 cm³/mol. The number of rotatable bonds is 4. The Hall–Kier alpha value is -0.680. The fourth-order valence-corrected chi connectivity index (χ4v) is 2.05. The van der Waals surface area contributed by atoms with Crippen LogP contribution in [-0.4, -0.2) is 9.56 Å². The highest BCUT2D eigenvalue weighted by Crippen LogP contribution is 2.21. The Labute approximate surface area is 98.9 Å². The molecule has 0 fully saturated rings. The minimum atomic E-state index is -0.191. The number of nitrogens with zero attached hydrogens (tertiary/aromatic N) is 1. The van der Waals surface area contributed by atoms with Crippen molar-refractivity contribution in [2.45, 2.75) is 33.7 Å². The van der Waals surface area contributed by atoms with Gasteiger partial charge in [-0.3, -0.25) is 4.79 Å². The molecule has 15 heavy (non-hydrogen) atoms. The fourth-order valence-electron chi connectivity index (χ4n) is 1.19. The molecule has 1 rings (SSSR count). The molecule has 0 atom stereocenters. The van der Waals surface area contributed by atoms with E-state index in [9.17, 15) is 4.79 Å². The summed E-state index contributed by atoms with van der Waals surface area (Å²) in [6.45, 7) is 6.62. The third-order valence-corrected chi connectivity index (χ3v) is 4.04. The van der Waals surface area contributed by atoms with Crippen molar-refractivity contribution in [1.82, 2.24) is 4.57 Å². The summed E-state index contributed by atoms with van der Waals surface area (Å²) in [5.74, 6) is 0. The number of aromatic nitrogens is 1. The van der Waals surface area contributed by atoms with E-state index in [0.29, 0.717) is 11.5 Å². The summed E-state index contributed by atoms with van der Waals surface area (Å²) >= 11 is 6.22. The average Bonchev–Trinajstić information content (AvgIpc) is 2.43. The topological polar surface area (TPSA) is 48.0 Å². The quantitative estimate of drug-likeness (QED) is 0.823. The molecule has 84 valence electrons. The van der Waals surface area contributed by atoms with Gasteiger partial charge in [0.1, 0.15) is 0 Å². The van der Waals surface area contributed by atoms with E-state index < -0.39 is 0 Å². The largest absolute Gasteiger partial charge is 0.393 e. The highest BCUT2D eigenvalue weighted by atomic mass is 32.1.